The molecule has 0 aliphatic heterocycles. The van der Waals surface area contributed by atoms with Gasteiger partial charge < -0.3 is 19.1 Å². The first-order valence-electron chi connectivity index (χ1n) is 13.2. The van der Waals surface area contributed by atoms with Gasteiger partial charge in [-0.3, -0.25) is 9.59 Å². The van der Waals surface area contributed by atoms with Gasteiger partial charge in [0, 0.05) is 31.5 Å². The zero-order chi connectivity index (χ0) is 28.3. The molecule has 3 aromatic rings. The summed E-state index contributed by atoms with van der Waals surface area (Å²) in [7, 11) is 0. The molecule has 1 aromatic heterocycles. The Hall–Kier alpha value is -3.75. The Labute approximate surface area is 228 Å². The summed E-state index contributed by atoms with van der Waals surface area (Å²) < 4.78 is 46.9. The number of rotatable bonds is 14. The molecular weight excluding hydrogens is 507 g/mol. The lowest BCUT2D eigenvalue weighted by atomic mass is 10.1. The fourth-order valence-electron chi connectivity index (χ4n) is 4.22. The lowest BCUT2D eigenvalue weighted by Gasteiger charge is -2.27. The topological polar surface area (TPSA) is 54.8 Å². The number of carbonyl (C=O) groups is 2. The van der Waals surface area contributed by atoms with Gasteiger partial charge in [-0.15, -0.1) is 0 Å². The molecule has 0 atom stereocenters. The molecule has 9 heteroatoms. The van der Waals surface area contributed by atoms with E-state index in [0.29, 0.717) is 30.9 Å². The number of aromatic nitrogens is 1. The summed E-state index contributed by atoms with van der Waals surface area (Å²) >= 11 is 0. The van der Waals surface area contributed by atoms with Crippen LogP contribution in [-0.4, -0.2) is 52.4 Å². The van der Waals surface area contributed by atoms with Crippen molar-refractivity contribution in [3.05, 3.63) is 89.7 Å². The lowest BCUT2D eigenvalue weighted by molar-refractivity contribution is -0.141. The van der Waals surface area contributed by atoms with Crippen molar-refractivity contribution in [3.8, 4) is 5.75 Å². The predicted octanol–water partition coefficient (Wildman–Crippen LogP) is 6.00. The molecule has 39 heavy (non-hydrogen) atoms. The summed E-state index contributed by atoms with van der Waals surface area (Å²) in [6, 6.07) is 18.0. The van der Waals surface area contributed by atoms with E-state index < -0.39 is 11.7 Å². The van der Waals surface area contributed by atoms with Gasteiger partial charge in [-0.05, 0) is 55.3 Å². The van der Waals surface area contributed by atoms with Gasteiger partial charge in [0.25, 0.3) is 5.91 Å². The van der Waals surface area contributed by atoms with Crippen LogP contribution < -0.4 is 4.74 Å². The van der Waals surface area contributed by atoms with Crippen LogP contribution in [0.25, 0.3) is 0 Å². The first kappa shape index (κ1) is 29.8. The van der Waals surface area contributed by atoms with E-state index in [0.717, 1.165) is 37.1 Å². The minimum Gasteiger partial charge on any atom is -0.484 e. The average molecular weight is 544 g/mol. The fraction of sp³-hybridized carbons (Fsp3) is 0.400. The summed E-state index contributed by atoms with van der Waals surface area (Å²) in [6.45, 7) is 5.08. The maximum absolute atomic E-state index is 13.4. The molecule has 0 aliphatic rings. The summed E-state index contributed by atoms with van der Waals surface area (Å²) in [5.74, 6) is 0.111. The maximum Gasteiger partial charge on any atom is 0.416 e. The van der Waals surface area contributed by atoms with Crippen LogP contribution in [-0.2, 0) is 28.9 Å². The second kappa shape index (κ2) is 14.4. The third-order valence-electron chi connectivity index (χ3n) is 6.43. The summed E-state index contributed by atoms with van der Waals surface area (Å²) in [6.07, 6.45) is 0.147. The molecule has 0 bridgehead atoms. The molecule has 0 spiro atoms. The van der Waals surface area contributed by atoms with Crippen molar-refractivity contribution in [2.45, 2.75) is 52.4 Å². The molecule has 0 radical (unpaired) electrons. The number of nitrogens with zero attached hydrogens (tertiary/aromatic N) is 3. The molecule has 3 rings (SSSR count). The Morgan fingerprint density at radius 3 is 2.36 bits per heavy atom. The Balaban J connectivity index is 1.68. The van der Waals surface area contributed by atoms with E-state index in [-0.39, 0.29) is 31.5 Å². The first-order valence-corrected chi connectivity index (χ1v) is 13.2. The average Bonchev–Trinajstić information content (AvgIpc) is 3.36. The van der Waals surface area contributed by atoms with Gasteiger partial charge in [0.15, 0.2) is 6.61 Å². The van der Waals surface area contributed by atoms with E-state index >= 15 is 0 Å². The summed E-state index contributed by atoms with van der Waals surface area (Å²) in [5.41, 5.74) is 0.636. The first-order chi connectivity index (χ1) is 18.7. The van der Waals surface area contributed by atoms with Crippen LogP contribution in [0.5, 0.6) is 5.75 Å². The molecule has 6 nitrogen and oxygen atoms in total. The Bertz CT molecular complexity index is 1190. The number of likely N-dealkylation sites (N-methyl/N-ethyl adjacent to an activating group) is 1. The molecule has 0 N–H and O–H groups in total. The van der Waals surface area contributed by atoms with Gasteiger partial charge in [-0.1, -0.05) is 50.1 Å². The number of unbranched alkanes of at least 4 members (excludes halogenated alkanes) is 2. The van der Waals surface area contributed by atoms with Gasteiger partial charge in [0.05, 0.1) is 18.7 Å². The zero-order valence-corrected chi connectivity index (χ0v) is 22.5. The highest BCUT2D eigenvalue weighted by atomic mass is 19.4. The number of hydrogen-bond donors (Lipinski definition) is 0. The number of halogens is 3. The number of hydrogen-bond acceptors (Lipinski definition) is 3. The van der Waals surface area contributed by atoms with Gasteiger partial charge in [-0.2, -0.15) is 13.2 Å². The molecule has 0 aliphatic carbocycles. The smallest absolute Gasteiger partial charge is 0.416 e. The molecule has 210 valence electrons. The van der Waals surface area contributed by atoms with Crippen molar-refractivity contribution in [2.24, 2.45) is 0 Å². The standard InChI is InChI=1S/C30H36F3N3O3/c1-3-5-9-17-36(28(37)22-34(4-2)29(38)23-39-27-15-7-6-8-16-27)21-26-14-11-18-35(26)20-24-12-10-13-25(19-24)30(31,32)33/h6-8,10-16,18-19H,3-5,9,17,20-23H2,1-2H3. The van der Waals surface area contributed by atoms with Crippen molar-refractivity contribution in [3.63, 3.8) is 0 Å². The third kappa shape index (κ3) is 9.19. The quantitative estimate of drug-likeness (QED) is 0.234. The van der Waals surface area contributed by atoms with Crippen molar-refractivity contribution in [1.29, 1.82) is 0 Å². The maximum atomic E-state index is 13.4. The Morgan fingerprint density at radius 1 is 0.897 bits per heavy atom. The highest BCUT2D eigenvalue weighted by molar-refractivity contribution is 5.85. The van der Waals surface area contributed by atoms with Gasteiger partial charge in [-0.25, -0.2) is 0 Å². The number of ether oxygens (including phenoxy) is 1. The molecule has 0 fully saturated rings. The molecule has 2 amide bonds. The number of carbonyl (C=O) groups excluding carboxylic acids is 2. The minimum absolute atomic E-state index is 0.0755. The van der Waals surface area contributed by atoms with Gasteiger partial charge in [0.2, 0.25) is 5.91 Å². The van der Waals surface area contributed by atoms with Crippen LogP contribution in [0.1, 0.15) is 49.9 Å². The second-order valence-electron chi connectivity index (χ2n) is 9.36. The van der Waals surface area contributed by atoms with Crippen LogP contribution in [0, 0.1) is 0 Å². The van der Waals surface area contributed by atoms with Gasteiger partial charge in [0.1, 0.15) is 5.75 Å². The van der Waals surface area contributed by atoms with Crippen molar-refractivity contribution < 1.29 is 27.5 Å². The van der Waals surface area contributed by atoms with Crippen LogP contribution in [0.3, 0.4) is 0 Å². The molecule has 0 saturated carbocycles. The lowest BCUT2D eigenvalue weighted by Crippen LogP contribution is -2.44. The van der Waals surface area contributed by atoms with E-state index in [1.165, 1.54) is 11.0 Å². The number of benzene rings is 2. The SMILES string of the molecule is CCCCCN(Cc1cccn1Cc1cccc(C(F)(F)F)c1)C(=O)CN(CC)C(=O)COc1ccccc1. The molecule has 2 aromatic carbocycles. The predicted molar refractivity (Wildman–Crippen MR) is 144 cm³/mol. The second-order valence-corrected chi connectivity index (χ2v) is 9.36. The van der Waals surface area contributed by atoms with Crippen LogP contribution in [0.4, 0.5) is 13.2 Å². The minimum atomic E-state index is -4.41. The molecular formula is C30H36F3N3O3. The largest absolute Gasteiger partial charge is 0.484 e. The van der Waals surface area contributed by atoms with Crippen LogP contribution in [0.15, 0.2) is 72.9 Å². The van der Waals surface area contributed by atoms with Crippen molar-refractivity contribution in [2.75, 3.05) is 26.2 Å². The fourth-order valence-corrected chi connectivity index (χ4v) is 4.22. The Morgan fingerprint density at radius 2 is 1.67 bits per heavy atom. The summed E-state index contributed by atoms with van der Waals surface area (Å²) in [4.78, 5) is 29.4. The molecule has 0 unspecified atom stereocenters. The third-order valence-corrected chi connectivity index (χ3v) is 6.43. The number of amides is 2. The van der Waals surface area contributed by atoms with E-state index in [4.69, 9.17) is 4.74 Å². The zero-order valence-electron chi connectivity index (χ0n) is 22.5. The number of alkyl halides is 3. The highest BCUT2D eigenvalue weighted by Gasteiger charge is 2.30. The van der Waals surface area contributed by atoms with Crippen molar-refractivity contribution >= 4 is 11.8 Å². The van der Waals surface area contributed by atoms with Gasteiger partial charge >= 0.3 is 6.18 Å². The van der Waals surface area contributed by atoms with Crippen molar-refractivity contribution in [1.82, 2.24) is 14.4 Å². The van der Waals surface area contributed by atoms with Crippen LogP contribution in [0.2, 0.25) is 0 Å². The number of para-hydroxylation sites is 1. The molecule has 1 heterocycles. The van der Waals surface area contributed by atoms with E-state index in [9.17, 15) is 22.8 Å². The van der Waals surface area contributed by atoms with E-state index in [1.54, 1.807) is 29.3 Å². The highest BCUT2D eigenvalue weighted by Crippen LogP contribution is 2.29. The van der Waals surface area contributed by atoms with E-state index in [1.807, 2.05) is 41.8 Å². The molecule has 0 saturated heterocycles. The monoisotopic (exact) mass is 543 g/mol. The summed E-state index contributed by atoms with van der Waals surface area (Å²) in [5, 5.41) is 0. The normalized spacial score (nSPS) is 11.3. The Kier molecular flexibility index (Phi) is 11.0. The van der Waals surface area contributed by atoms with Crippen LogP contribution >= 0.6 is 0 Å². The van der Waals surface area contributed by atoms with E-state index in [2.05, 4.69) is 6.92 Å².